The molecule has 8 heteroatoms. The number of anilines is 2. The Labute approximate surface area is 167 Å². The number of ether oxygens (including phenoxy) is 3. The van der Waals surface area contributed by atoms with Gasteiger partial charge in [0.15, 0.2) is 0 Å². The minimum atomic E-state index is -0.590. The molecule has 0 aromatic heterocycles. The van der Waals surface area contributed by atoms with Crippen molar-refractivity contribution < 1.29 is 28.6 Å². The van der Waals surface area contributed by atoms with Crippen LogP contribution in [0.25, 0.3) is 6.08 Å². The Balaban J connectivity index is 1.85. The van der Waals surface area contributed by atoms with Crippen LogP contribution in [0.4, 0.5) is 11.4 Å². The van der Waals surface area contributed by atoms with Gasteiger partial charge in [0.05, 0.1) is 5.56 Å². The molecule has 150 valence electrons. The Kier molecular flexibility index (Phi) is 7.55. The SMILES string of the molecule is C=CC(=O)OCCOC(=O)/C=C/c1ccc(OC(=O)c2cc(N)cc(N)c2)cc1. The lowest BCUT2D eigenvalue weighted by atomic mass is 10.1. The molecule has 4 N–H and O–H groups in total. The van der Waals surface area contributed by atoms with E-state index in [1.807, 2.05) is 0 Å². The van der Waals surface area contributed by atoms with Crippen molar-refractivity contribution in [2.75, 3.05) is 24.7 Å². The molecule has 0 fully saturated rings. The molecule has 0 saturated carbocycles. The van der Waals surface area contributed by atoms with Gasteiger partial charge in [0.1, 0.15) is 19.0 Å². The number of carbonyl (C=O) groups excluding carboxylic acids is 3. The zero-order chi connectivity index (χ0) is 21.2. The summed E-state index contributed by atoms with van der Waals surface area (Å²) in [6.45, 7) is 3.13. The van der Waals surface area contributed by atoms with Crippen LogP contribution in [0.1, 0.15) is 15.9 Å². The summed E-state index contributed by atoms with van der Waals surface area (Å²) in [7, 11) is 0. The number of rotatable bonds is 8. The largest absolute Gasteiger partial charge is 0.459 e. The van der Waals surface area contributed by atoms with Crippen molar-refractivity contribution in [2.45, 2.75) is 0 Å². The number of nitrogen functional groups attached to an aromatic ring is 2. The summed E-state index contributed by atoms with van der Waals surface area (Å²) in [6.07, 6.45) is 3.78. The van der Waals surface area contributed by atoms with Crippen molar-refractivity contribution in [2.24, 2.45) is 0 Å². The molecule has 0 heterocycles. The van der Waals surface area contributed by atoms with E-state index in [-0.39, 0.29) is 18.8 Å². The van der Waals surface area contributed by atoms with E-state index in [1.165, 1.54) is 30.4 Å². The molecule has 0 aliphatic rings. The highest BCUT2D eigenvalue weighted by Gasteiger charge is 2.10. The van der Waals surface area contributed by atoms with Crippen LogP contribution in [0.5, 0.6) is 5.75 Å². The zero-order valence-electron chi connectivity index (χ0n) is 15.5. The fourth-order valence-electron chi connectivity index (χ4n) is 2.16. The van der Waals surface area contributed by atoms with Gasteiger partial charge in [-0.25, -0.2) is 14.4 Å². The molecule has 8 nitrogen and oxygen atoms in total. The second kappa shape index (κ2) is 10.3. The van der Waals surface area contributed by atoms with Gasteiger partial charge >= 0.3 is 17.9 Å². The molecule has 0 amide bonds. The van der Waals surface area contributed by atoms with Crippen LogP contribution in [0.3, 0.4) is 0 Å². The lowest BCUT2D eigenvalue weighted by Crippen LogP contribution is -2.11. The number of hydrogen-bond acceptors (Lipinski definition) is 8. The maximum Gasteiger partial charge on any atom is 0.343 e. The van der Waals surface area contributed by atoms with Crippen LogP contribution in [0.2, 0.25) is 0 Å². The Morgan fingerprint density at radius 1 is 0.897 bits per heavy atom. The standard InChI is InChI=1S/C21H20N2O6/c1-2-19(24)27-9-10-28-20(25)8-5-14-3-6-18(7-4-14)29-21(26)15-11-16(22)13-17(23)12-15/h2-8,11-13H,1,9-10,22-23H2/b8-5+. The van der Waals surface area contributed by atoms with E-state index < -0.39 is 17.9 Å². The molecule has 0 radical (unpaired) electrons. The minimum Gasteiger partial charge on any atom is -0.459 e. The number of nitrogens with two attached hydrogens (primary N) is 2. The number of benzene rings is 2. The van der Waals surface area contributed by atoms with E-state index in [2.05, 4.69) is 11.3 Å². The van der Waals surface area contributed by atoms with Gasteiger partial charge in [0, 0.05) is 23.5 Å². The van der Waals surface area contributed by atoms with Gasteiger partial charge in [-0.1, -0.05) is 18.7 Å². The highest BCUT2D eigenvalue weighted by atomic mass is 16.6. The second-order valence-corrected chi connectivity index (χ2v) is 5.72. The molecule has 0 atom stereocenters. The van der Waals surface area contributed by atoms with E-state index in [9.17, 15) is 14.4 Å². The van der Waals surface area contributed by atoms with Gasteiger partial charge in [-0.3, -0.25) is 0 Å². The lowest BCUT2D eigenvalue weighted by molar-refractivity contribution is -0.145. The van der Waals surface area contributed by atoms with Gasteiger partial charge in [0.2, 0.25) is 0 Å². The fraction of sp³-hybridized carbons (Fsp3) is 0.0952. The van der Waals surface area contributed by atoms with E-state index in [4.69, 9.17) is 20.9 Å². The van der Waals surface area contributed by atoms with E-state index in [1.54, 1.807) is 24.3 Å². The van der Waals surface area contributed by atoms with Crippen molar-refractivity contribution in [3.8, 4) is 5.75 Å². The third-order valence-corrected chi connectivity index (χ3v) is 3.45. The van der Waals surface area contributed by atoms with Crippen molar-refractivity contribution in [3.63, 3.8) is 0 Å². The molecular formula is C21H20N2O6. The maximum absolute atomic E-state index is 12.2. The summed E-state index contributed by atoms with van der Waals surface area (Å²) in [6, 6.07) is 11.0. The van der Waals surface area contributed by atoms with Gasteiger partial charge in [-0.05, 0) is 42.0 Å². The predicted molar refractivity (Wildman–Crippen MR) is 108 cm³/mol. The molecular weight excluding hydrogens is 376 g/mol. The van der Waals surface area contributed by atoms with Crippen LogP contribution in [0.15, 0.2) is 61.2 Å². The summed E-state index contributed by atoms with van der Waals surface area (Å²) >= 11 is 0. The normalized spacial score (nSPS) is 10.3. The average molecular weight is 396 g/mol. The first-order valence-electron chi connectivity index (χ1n) is 8.49. The van der Waals surface area contributed by atoms with Crippen molar-refractivity contribution in [3.05, 3.63) is 72.3 Å². The smallest absolute Gasteiger partial charge is 0.343 e. The first-order valence-corrected chi connectivity index (χ1v) is 8.49. The number of hydrogen-bond donors (Lipinski definition) is 2. The van der Waals surface area contributed by atoms with E-state index in [0.29, 0.717) is 22.7 Å². The maximum atomic E-state index is 12.2. The summed E-state index contributed by atoms with van der Waals surface area (Å²) in [4.78, 5) is 34.6. The predicted octanol–water partition coefficient (Wildman–Crippen LogP) is 2.36. The first-order chi connectivity index (χ1) is 13.9. The number of esters is 3. The van der Waals surface area contributed by atoms with E-state index >= 15 is 0 Å². The summed E-state index contributed by atoms with van der Waals surface area (Å²) in [5, 5.41) is 0. The Hall–Kier alpha value is -4.07. The number of carbonyl (C=O) groups is 3. The van der Waals surface area contributed by atoms with Crippen molar-refractivity contribution in [1.82, 2.24) is 0 Å². The molecule has 29 heavy (non-hydrogen) atoms. The summed E-state index contributed by atoms with van der Waals surface area (Å²) in [5.41, 5.74) is 13.0. The minimum absolute atomic E-state index is 0.0524. The van der Waals surface area contributed by atoms with Crippen LogP contribution in [-0.2, 0) is 19.1 Å². The molecule has 0 aliphatic heterocycles. The van der Waals surface area contributed by atoms with Gasteiger partial charge in [-0.2, -0.15) is 0 Å². The molecule has 0 bridgehead atoms. The Morgan fingerprint density at radius 2 is 1.48 bits per heavy atom. The quantitative estimate of drug-likeness (QED) is 0.229. The van der Waals surface area contributed by atoms with Crippen molar-refractivity contribution >= 4 is 35.4 Å². The third kappa shape index (κ3) is 7.22. The topological polar surface area (TPSA) is 131 Å². The Morgan fingerprint density at radius 3 is 2.07 bits per heavy atom. The highest BCUT2D eigenvalue weighted by molar-refractivity contribution is 5.93. The molecule has 2 rings (SSSR count). The molecule has 2 aromatic carbocycles. The second-order valence-electron chi connectivity index (χ2n) is 5.72. The van der Waals surface area contributed by atoms with E-state index in [0.717, 1.165) is 6.08 Å². The molecule has 0 saturated heterocycles. The van der Waals surface area contributed by atoms with Gasteiger partial charge < -0.3 is 25.7 Å². The van der Waals surface area contributed by atoms with Crippen LogP contribution in [-0.4, -0.2) is 31.1 Å². The third-order valence-electron chi connectivity index (χ3n) is 3.45. The lowest BCUT2D eigenvalue weighted by Gasteiger charge is -2.06. The van der Waals surface area contributed by atoms with Crippen LogP contribution in [0, 0.1) is 0 Å². The summed E-state index contributed by atoms with van der Waals surface area (Å²) < 4.78 is 14.8. The Bertz CT molecular complexity index is 914. The van der Waals surface area contributed by atoms with Crippen LogP contribution < -0.4 is 16.2 Å². The first kappa shape index (κ1) is 21.2. The fourth-order valence-corrected chi connectivity index (χ4v) is 2.16. The van der Waals surface area contributed by atoms with Crippen molar-refractivity contribution in [1.29, 1.82) is 0 Å². The molecule has 0 spiro atoms. The highest BCUT2D eigenvalue weighted by Crippen LogP contribution is 2.18. The molecule has 2 aromatic rings. The monoisotopic (exact) mass is 396 g/mol. The average Bonchev–Trinajstić information content (AvgIpc) is 2.69. The van der Waals surface area contributed by atoms with Crippen LogP contribution >= 0.6 is 0 Å². The summed E-state index contributed by atoms with van der Waals surface area (Å²) in [5.74, 6) is -1.45. The van der Waals surface area contributed by atoms with Gasteiger partial charge in [0.25, 0.3) is 0 Å². The molecule has 0 aliphatic carbocycles. The zero-order valence-corrected chi connectivity index (χ0v) is 15.5. The molecule has 0 unspecified atom stereocenters. The van der Waals surface area contributed by atoms with Gasteiger partial charge in [-0.15, -0.1) is 0 Å².